The molecule has 1 saturated heterocycles. The van der Waals surface area contributed by atoms with Crippen molar-refractivity contribution in [2.75, 3.05) is 31.5 Å². The molecule has 0 unspecified atom stereocenters. The maximum absolute atomic E-state index is 13.4. The van der Waals surface area contributed by atoms with Gasteiger partial charge in [0.25, 0.3) is 5.69 Å². The van der Waals surface area contributed by atoms with Crippen LogP contribution < -0.4 is 5.32 Å². The summed E-state index contributed by atoms with van der Waals surface area (Å²) < 4.78 is 27.5. The molecule has 0 saturated carbocycles. The molecule has 0 aromatic heterocycles. The molecule has 182 valence electrons. The molecule has 35 heavy (non-hydrogen) atoms. The number of aryl methyl sites for hydroxylation is 1. The van der Waals surface area contributed by atoms with Crippen LogP contribution in [-0.2, 0) is 14.8 Å². The van der Waals surface area contributed by atoms with E-state index >= 15 is 0 Å². The minimum absolute atomic E-state index is 0.114. The number of sulfonamides is 1. The van der Waals surface area contributed by atoms with E-state index in [-0.39, 0.29) is 29.6 Å². The van der Waals surface area contributed by atoms with Gasteiger partial charge in [0.2, 0.25) is 15.9 Å². The highest BCUT2D eigenvalue weighted by Crippen LogP contribution is 2.27. The maximum atomic E-state index is 13.4. The molecule has 0 bridgehead atoms. The van der Waals surface area contributed by atoms with Gasteiger partial charge in [0.15, 0.2) is 0 Å². The van der Waals surface area contributed by atoms with Gasteiger partial charge in [-0.1, -0.05) is 54.1 Å². The van der Waals surface area contributed by atoms with Gasteiger partial charge in [0.1, 0.15) is 6.04 Å². The Bertz CT molecular complexity index is 1310. The number of non-ortho nitro benzene ring substituents is 1. The van der Waals surface area contributed by atoms with Crippen LogP contribution in [0, 0.1) is 17.0 Å². The van der Waals surface area contributed by atoms with E-state index in [4.69, 9.17) is 0 Å². The van der Waals surface area contributed by atoms with E-state index in [0.717, 1.165) is 17.2 Å². The van der Waals surface area contributed by atoms with E-state index in [9.17, 15) is 23.3 Å². The molecule has 3 aromatic carbocycles. The van der Waals surface area contributed by atoms with Crippen LogP contribution >= 0.6 is 0 Å². The Morgan fingerprint density at radius 2 is 1.60 bits per heavy atom. The molecule has 3 aromatic rings. The number of anilines is 1. The fraction of sp³-hybridized carbons (Fsp3) is 0.240. The van der Waals surface area contributed by atoms with Crippen molar-refractivity contribution in [2.45, 2.75) is 17.9 Å². The van der Waals surface area contributed by atoms with Crippen LogP contribution in [0.15, 0.2) is 83.8 Å². The number of benzene rings is 3. The van der Waals surface area contributed by atoms with E-state index in [1.54, 1.807) is 0 Å². The van der Waals surface area contributed by atoms with Crippen molar-refractivity contribution in [3.05, 3.63) is 100 Å². The Morgan fingerprint density at radius 3 is 2.23 bits per heavy atom. The highest BCUT2D eigenvalue weighted by atomic mass is 32.2. The molecule has 1 amide bonds. The number of amides is 1. The maximum Gasteiger partial charge on any atom is 0.270 e. The predicted octanol–water partition coefficient (Wildman–Crippen LogP) is 3.59. The average Bonchev–Trinajstić information content (AvgIpc) is 2.86. The lowest BCUT2D eigenvalue weighted by Gasteiger charge is -2.38. The monoisotopic (exact) mass is 494 g/mol. The quantitative estimate of drug-likeness (QED) is 0.397. The standard InChI is InChI=1S/C25H26N4O5S/c1-19-10-12-21(13-11-19)26-25(30)24(20-6-3-2-4-7-20)27-14-16-28(17-15-27)35(33,34)23-9-5-8-22(18-23)29(31)32/h2-13,18,24H,14-17H2,1H3,(H,26,30)/t24-/m1/s1. The molecule has 0 spiro atoms. The molecule has 0 radical (unpaired) electrons. The van der Waals surface area contributed by atoms with Crippen molar-refractivity contribution in [3.63, 3.8) is 0 Å². The molecule has 1 aliphatic heterocycles. The number of nitrogens with one attached hydrogen (secondary N) is 1. The number of carbonyl (C=O) groups is 1. The number of rotatable bonds is 7. The van der Waals surface area contributed by atoms with Gasteiger partial charge in [-0.05, 0) is 30.7 Å². The van der Waals surface area contributed by atoms with Crippen LogP contribution in [0.4, 0.5) is 11.4 Å². The van der Waals surface area contributed by atoms with Gasteiger partial charge in [-0.3, -0.25) is 19.8 Å². The number of nitro benzene ring substituents is 1. The number of nitro groups is 1. The summed E-state index contributed by atoms with van der Waals surface area (Å²) in [7, 11) is -3.90. The van der Waals surface area contributed by atoms with Gasteiger partial charge in [-0.15, -0.1) is 0 Å². The van der Waals surface area contributed by atoms with Gasteiger partial charge < -0.3 is 5.32 Å². The highest BCUT2D eigenvalue weighted by molar-refractivity contribution is 7.89. The molecule has 4 rings (SSSR count). The third kappa shape index (κ3) is 5.56. The van der Waals surface area contributed by atoms with Crippen molar-refractivity contribution in [3.8, 4) is 0 Å². The molecular formula is C25H26N4O5S. The Hall–Kier alpha value is -3.60. The Balaban J connectivity index is 1.52. The zero-order valence-corrected chi connectivity index (χ0v) is 20.0. The Morgan fingerprint density at radius 1 is 0.943 bits per heavy atom. The smallest absolute Gasteiger partial charge is 0.270 e. The second-order valence-electron chi connectivity index (χ2n) is 8.36. The molecule has 1 atom stereocenters. The second kappa shape index (κ2) is 10.3. The Labute approximate surface area is 204 Å². The lowest BCUT2D eigenvalue weighted by molar-refractivity contribution is -0.385. The third-order valence-corrected chi connectivity index (χ3v) is 7.88. The molecule has 9 nitrogen and oxygen atoms in total. The van der Waals surface area contributed by atoms with Crippen molar-refractivity contribution >= 4 is 27.3 Å². The fourth-order valence-electron chi connectivity index (χ4n) is 4.12. The highest BCUT2D eigenvalue weighted by Gasteiger charge is 2.35. The summed E-state index contributed by atoms with van der Waals surface area (Å²) in [5.41, 5.74) is 2.31. The first-order valence-electron chi connectivity index (χ1n) is 11.2. The van der Waals surface area contributed by atoms with Crippen LogP contribution in [0.5, 0.6) is 0 Å². The average molecular weight is 495 g/mol. The zero-order valence-electron chi connectivity index (χ0n) is 19.2. The summed E-state index contributed by atoms with van der Waals surface area (Å²) in [4.78, 5) is 25.6. The van der Waals surface area contributed by atoms with E-state index in [1.165, 1.54) is 22.5 Å². The molecule has 1 fully saturated rings. The summed E-state index contributed by atoms with van der Waals surface area (Å²) >= 11 is 0. The number of hydrogen-bond donors (Lipinski definition) is 1. The largest absolute Gasteiger partial charge is 0.324 e. The number of piperazine rings is 1. The third-order valence-electron chi connectivity index (χ3n) is 5.99. The van der Waals surface area contributed by atoms with Crippen molar-refractivity contribution in [1.82, 2.24) is 9.21 Å². The number of hydrogen-bond acceptors (Lipinski definition) is 6. The van der Waals surface area contributed by atoms with Crippen molar-refractivity contribution in [2.24, 2.45) is 0 Å². The zero-order chi connectivity index (χ0) is 25.0. The summed E-state index contributed by atoms with van der Waals surface area (Å²) in [6.07, 6.45) is 0. The minimum Gasteiger partial charge on any atom is -0.324 e. The van der Waals surface area contributed by atoms with Gasteiger partial charge in [-0.2, -0.15) is 4.31 Å². The lowest BCUT2D eigenvalue weighted by Crippen LogP contribution is -2.51. The van der Waals surface area contributed by atoms with E-state index in [0.29, 0.717) is 18.8 Å². The van der Waals surface area contributed by atoms with Gasteiger partial charge in [0.05, 0.1) is 9.82 Å². The summed E-state index contributed by atoms with van der Waals surface area (Å²) in [6, 6.07) is 21.4. The van der Waals surface area contributed by atoms with Crippen LogP contribution in [0.2, 0.25) is 0 Å². The molecular weight excluding hydrogens is 468 g/mol. The molecule has 1 aliphatic rings. The molecule has 1 N–H and O–H groups in total. The van der Waals surface area contributed by atoms with E-state index in [2.05, 4.69) is 5.32 Å². The summed E-state index contributed by atoms with van der Waals surface area (Å²) in [6.45, 7) is 2.95. The topological polar surface area (TPSA) is 113 Å². The fourth-order valence-corrected chi connectivity index (χ4v) is 5.58. The van der Waals surface area contributed by atoms with Crippen LogP contribution in [0.3, 0.4) is 0 Å². The van der Waals surface area contributed by atoms with Crippen molar-refractivity contribution < 1.29 is 18.1 Å². The van der Waals surface area contributed by atoms with Gasteiger partial charge in [-0.25, -0.2) is 8.42 Å². The van der Waals surface area contributed by atoms with E-state index < -0.39 is 21.0 Å². The van der Waals surface area contributed by atoms with E-state index in [1.807, 2.05) is 66.4 Å². The SMILES string of the molecule is Cc1ccc(NC(=O)[C@@H](c2ccccc2)N2CCN(S(=O)(=O)c3cccc([N+](=O)[O-])c3)CC2)cc1. The first-order valence-corrected chi connectivity index (χ1v) is 12.6. The van der Waals surface area contributed by atoms with Crippen LogP contribution in [-0.4, -0.2) is 54.6 Å². The normalized spacial score (nSPS) is 15.9. The van der Waals surface area contributed by atoms with Gasteiger partial charge in [0, 0.05) is 44.0 Å². The van der Waals surface area contributed by atoms with Crippen LogP contribution in [0.25, 0.3) is 0 Å². The lowest BCUT2D eigenvalue weighted by atomic mass is 10.0. The van der Waals surface area contributed by atoms with Gasteiger partial charge >= 0.3 is 0 Å². The summed E-state index contributed by atoms with van der Waals surface area (Å²) in [5.74, 6) is -0.199. The molecule has 10 heteroatoms. The first kappa shape index (κ1) is 24.5. The first-order chi connectivity index (χ1) is 16.8. The molecule has 1 heterocycles. The predicted molar refractivity (Wildman–Crippen MR) is 132 cm³/mol. The minimum atomic E-state index is -3.90. The number of nitrogens with zero attached hydrogens (tertiary/aromatic N) is 3. The van der Waals surface area contributed by atoms with Crippen LogP contribution in [0.1, 0.15) is 17.2 Å². The Kier molecular flexibility index (Phi) is 7.25. The number of carbonyl (C=O) groups excluding carboxylic acids is 1. The van der Waals surface area contributed by atoms with Crippen molar-refractivity contribution in [1.29, 1.82) is 0 Å². The summed E-state index contributed by atoms with van der Waals surface area (Å²) in [5, 5.41) is 14.0. The second-order valence-corrected chi connectivity index (χ2v) is 10.3. The molecule has 0 aliphatic carbocycles.